The average Bonchev–Trinajstić information content (AvgIpc) is 2.56. The summed E-state index contributed by atoms with van der Waals surface area (Å²) in [6.45, 7) is 9.36. The van der Waals surface area contributed by atoms with Gasteiger partial charge in [0.2, 0.25) is 0 Å². The van der Waals surface area contributed by atoms with E-state index in [9.17, 15) is 0 Å². The maximum absolute atomic E-state index is 3.37. The lowest BCUT2D eigenvalue weighted by Crippen LogP contribution is -2.32. The Hall–Kier alpha value is 1.16. The van der Waals surface area contributed by atoms with E-state index in [4.69, 9.17) is 0 Å². The average molecular weight is 471 g/mol. The molecule has 0 saturated carbocycles. The van der Waals surface area contributed by atoms with E-state index in [-0.39, 0.29) is 24.0 Å². The first-order valence-electron chi connectivity index (χ1n) is 10.9. The van der Waals surface area contributed by atoms with Crippen molar-refractivity contribution in [2.24, 2.45) is 5.92 Å². The first-order chi connectivity index (χ1) is 11.1. The van der Waals surface area contributed by atoms with Crippen molar-refractivity contribution in [2.45, 2.75) is 136 Å². The van der Waals surface area contributed by atoms with Gasteiger partial charge in [-0.25, -0.2) is 0 Å². The lowest BCUT2D eigenvalue weighted by atomic mass is 9.77. The Morgan fingerprint density at radius 1 is 0.583 bits per heavy atom. The van der Waals surface area contributed by atoms with Crippen molar-refractivity contribution in [2.75, 3.05) is 0 Å². The van der Waals surface area contributed by atoms with Crippen LogP contribution < -0.4 is 0 Å². The largest absolute Gasteiger partial charge is 0.131 e. The molecule has 0 aliphatic rings. The first-order valence-corrected chi connectivity index (χ1v) is 11.5. The zero-order valence-corrected chi connectivity index (χ0v) is 20.9. The van der Waals surface area contributed by atoms with E-state index < -0.39 is 0 Å². The summed E-state index contributed by atoms with van der Waals surface area (Å²) in [5, 5.41) is 0.532. The summed E-state index contributed by atoms with van der Waals surface area (Å²) in [5.41, 5.74) is 0. The zero-order chi connectivity index (χ0) is 17.4. The Bertz CT molecular complexity index is 234. The minimum Gasteiger partial charge on any atom is -0.131 e. The molecule has 0 nitrogen and oxygen atoms in total. The van der Waals surface area contributed by atoms with E-state index in [1.807, 2.05) is 0 Å². The van der Waals surface area contributed by atoms with Gasteiger partial charge in [0, 0.05) is 0 Å². The summed E-state index contributed by atoms with van der Waals surface area (Å²) < 4.78 is 0. The summed E-state index contributed by atoms with van der Waals surface area (Å²) in [6, 6.07) is 0. The van der Waals surface area contributed by atoms with Gasteiger partial charge >= 0.3 is 0 Å². The molecule has 2 atom stereocenters. The standard InChI is InChI=1S/C22H47P.HI/c1-5-9-13-14-15-16-18-21(17-10-6-2)22(23,19-11-7-3)20-12-8-4;/h21H,5-20,23H2,1-4H3;1H. The molecular weight excluding hydrogens is 422 g/mol. The lowest BCUT2D eigenvalue weighted by molar-refractivity contribution is 0.274. The molecule has 0 bridgehead atoms. The van der Waals surface area contributed by atoms with Crippen LogP contribution in [0.25, 0.3) is 0 Å². The van der Waals surface area contributed by atoms with Crippen molar-refractivity contribution in [3.05, 3.63) is 0 Å². The van der Waals surface area contributed by atoms with Crippen LogP contribution in [-0.4, -0.2) is 5.16 Å². The second kappa shape index (κ2) is 18.9. The predicted octanol–water partition coefficient (Wildman–Crippen LogP) is 9.16. The third kappa shape index (κ3) is 13.4. The topological polar surface area (TPSA) is 0 Å². The third-order valence-electron chi connectivity index (χ3n) is 5.62. The SMILES string of the molecule is CCCCCCCCC(CCCC)C(P)(CCCC)CCCC.I. The Labute approximate surface area is 174 Å². The molecule has 0 rings (SSSR count). The van der Waals surface area contributed by atoms with Crippen molar-refractivity contribution in [3.63, 3.8) is 0 Å². The summed E-state index contributed by atoms with van der Waals surface area (Å²) >= 11 is 0. The number of halogens is 1. The molecule has 2 unspecified atom stereocenters. The highest BCUT2D eigenvalue weighted by Gasteiger charge is 2.32. The summed E-state index contributed by atoms with van der Waals surface area (Å²) in [4.78, 5) is 0. The maximum Gasteiger partial charge on any atom is -0.0122 e. The van der Waals surface area contributed by atoms with Gasteiger partial charge in [0.15, 0.2) is 0 Å². The van der Waals surface area contributed by atoms with Crippen LogP contribution in [-0.2, 0) is 0 Å². The smallest absolute Gasteiger partial charge is 0.0122 e. The number of unbranched alkanes of at least 4 members (excludes halogenated alkanes) is 8. The quantitative estimate of drug-likeness (QED) is 0.113. The molecule has 0 saturated heterocycles. The number of hydrogen-bond donors (Lipinski definition) is 0. The van der Waals surface area contributed by atoms with Gasteiger partial charge in [-0.2, -0.15) is 0 Å². The van der Waals surface area contributed by atoms with Crippen LogP contribution in [0.15, 0.2) is 0 Å². The van der Waals surface area contributed by atoms with Gasteiger partial charge in [-0.15, -0.1) is 33.2 Å². The third-order valence-corrected chi connectivity index (χ3v) is 6.67. The van der Waals surface area contributed by atoms with E-state index in [1.54, 1.807) is 0 Å². The van der Waals surface area contributed by atoms with Gasteiger partial charge < -0.3 is 0 Å². The van der Waals surface area contributed by atoms with Crippen molar-refractivity contribution < 1.29 is 0 Å². The Kier molecular flexibility index (Phi) is 21.6. The van der Waals surface area contributed by atoms with Crippen LogP contribution in [0.1, 0.15) is 130 Å². The summed E-state index contributed by atoms with van der Waals surface area (Å²) in [6.07, 6.45) is 22.7. The monoisotopic (exact) mass is 470 g/mol. The molecule has 0 aromatic heterocycles. The van der Waals surface area contributed by atoms with Crippen LogP contribution in [0.5, 0.6) is 0 Å². The molecule has 148 valence electrons. The minimum absolute atomic E-state index is 0. The van der Waals surface area contributed by atoms with E-state index in [0.717, 1.165) is 5.92 Å². The highest BCUT2D eigenvalue weighted by molar-refractivity contribution is 14.0. The second-order valence-corrected chi connectivity index (χ2v) is 8.99. The molecule has 0 spiro atoms. The van der Waals surface area contributed by atoms with Gasteiger partial charge in [-0.3, -0.25) is 0 Å². The fourth-order valence-electron chi connectivity index (χ4n) is 3.89. The predicted molar refractivity (Wildman–Crippen MR) is 128 cm³/mol. The number of hydrogen-bond acceptors (Lipinski definition) is 0. The normalized spacial score (nSPS) is 12.9. The summed E-state index contributed by atoms with van der Waals surface area (Å²) in [5.74, 6) is 0.941. The first kappa shape index (κ1) is 27.4. The van der Waals surface area contributed by atoms with Gasteiger partial charge in [-0.1, -0.05) is 105 Å². The molecule has 0 aliphatic carbocycles. The molecule has 0 radical (unpaired) electrons. The molecule has 24 heavy (non-hydrogen) atoms. The van der Waals surface area contributed by atoms with E-state index >= 15 is 0 Å². The van der Waals surface area contributed by atoms with Gasteiger partial charge in [0.25, 0.3) is 0 Å². The molecule has 0 aliphatic heterocycles. The van der Waals surface area contributed by atoms with Crippen LogP contribution >= 0.6 is 33.2 Å². The molecule has 0 amide bonds. The molecular formula is C22H48IP. The lowest BCUT2D eigenvalue weighted by Gasteiger charge is -2.39. The molecule has 0 heterocycles. The zero-order valence-electron chi connectivity index (χ0n) is 17.4. The second-order valence-electron chi connectivity index (χ2n) is 7.84. The molecule has 0 N–H and O–H groups in total. The van der Waals surface area contributed by atoms with Crippen LogP contribution in [0.2, 0.25) is 0 Å². The Balaban J connectivity index is 0. The Morgan fingerprint density at radius 2 is 1.00 bits per heavy atom. The van der Waals surface area contributed by atoms with Crippen LogP contribution in [0.3, 0.4) is 0 Å². The minimum atomic E-state index is 0. The van der Waals surface area contributed by atoms with Crippen LogP contribution in [0, 0.1) is 5.92 Å². The molecule has 0 aromatic carbocycles. The highest BCUT2D eigenvalue weighted by atomic mass is 127. The maximum atomic E-state index is 3.37. The van der Waals surface area contributed by atoms with Crippen LogP contribution in [0.4, 0.5) is 0 Å². The van der Waals surface area contributed by atoms with Crippen molar-refractivity contribution >= 4 is 33.2 Å². The van der Waals surface area contributed by atoms with Gasteiger partial charge in [-0.05, 0) is 36.8 Å². The number of rotatable bonds is 17. The molecule has 0 fully saturated rings. The van der Waals surface area contributed by atoms with Gasteiger partial charge in [0.05, 0.1) is 0 Å². The van der Waals surface area contributed by atoms with E-state index in [1.165, 1.54) is 103 Å². The fourth-order valence-corrected chi connectivity index (χ4v) is 4.63. The summed E-state index contributed by atoms with van der Waals surface area (Å²) in [7, 11) is 3.37. The van der Waals surface area contributed by atoms with E-state index in [0.29, 0.717) is 5.16 Å². The van der Waals surface area contributed by atoms with Crippen molar-refractivity contribution in [3.8, 4) is 0 Å². The molecule has 2 heteroatoms. The Morgan fingerprint density at radius 3 is 1.50 bits per heavy atom. The van der Waals surface area contributed by atoms with E-state index in [2.05, 4.69) is 36.9 Å². The highest BCUT2D eigenvalue weighted by Crippen LogP contribution is 2.43. The van der Waals surface area contributed by atoms with Crippen molar-refractivity contribution in [1.29, 1.82) is 0 Å². The molecule has 0 aromatic rings. The van der Waals surface area contributed by atoms with Crippen molar-refractivity contribution in [1.82, 2.24) is 0 Å². The van der Waals surface area contributed by atoms with Gasteiger partial charge in [0.1, 0.15) is 0 Å². The fraction of sp³-hybridized carbons (Fsp3) is 1.00.